The second kappa shape index (κ2) is 11.6. The van der Waals surface area contributed by atoms with Crippen LogP contribution in [0.4, 0.5) is 0 Å². The van der Waals surface area contributed by atoms with Crippen LogP contribution < -0.4 is 0 Å². The molecule has 9 heteroatoms. The molecule has 3 fully saturated rings. The summed E-state index contributed by atoms with van der Waals surface area (Å²) < 4.78 is 12.0. The summed E-state index contributed by atoms with van der Waals surface area (Å²) in [6.07, 6.45) is 5.88. The van der Waals surface area contributed by atoms with Crippen molar-refractivity contribution in [1.82, 2.24) is 9.80 Å². The van der Waals surface area contributed by atoms with E-state index in [0.29, 0.717) is 25.8 Å². The molecule has 0 aromatic carbocycles. The van der Waals surface area contributed by atoms with Gasteiger partial charge in [-0.1, -0.05) is 48.4 Å². The molecule has 3 saturated heterocycles. The van der Waals surface area contributed by atoms with Crippen molar-refractivity contribution >= 4 is 33.7 Å². The van der Waals surface area contributed by atoms with Crippen LogP contribution in [0.3, 0.4) is 0 Å². The molecule has 3 heterocycles. The summed E-state index contributed by atoms with van der Waals surface area (Å²) in [5.74, 6) is -2.69. The Morgan fingerprint density at radius 3 is 2.66 bits per heavy atom. The first-order chi connectivity index (χ1) is 16.7. The minimum absolute atomic E-state index is 0.0647. The predicted molar refractivity (Wildman–Crippen MR) is 136 cm³/mol. The van der Waals surface area contributed by atoms with Gasteiger partial charge in [0.1, 0.15) is 11.6 Å². The summed E-state index contributed by atoms with van der Waals surface area (Å²) in [7, 11) is 0. The molecule has 8 atom stereocenters. The first-order valence-corrected chi connectivity index (χ1v) is 13.6. The van der Waals surface area contributed by atoms with Gasteiger partial charge in [0.05, 0.1) is 37.2 Å². The number of hydrogen-bond acceptors (Lipinski definition) is 6. The second-order valence-corrected chi connectivity index (χ2v) is 11.0. The number of aliphatic hydroxyl groups is 1. The first kappa shape index (κ1) is 27.9. The Morgan fingerprint density at radius 1 is 1.37 bits per heavy atom. The topological polar surface area (TPSA) is 96.4 Å². The first-order valence-electron chi connectivity index (χ1n) is 12.7. The summed E-state index contributed by atoms with van der Waals surface area (Å²) in [4.78, 5) is 44.5. The molecular formula is C26H39BrN2O6. The average molecular weight is 556 g/mol. The van der Waals surface area contributed by atoms with E-state index in [1.165, 1.54) is 4.90 Å². The molecule has 0 aromatic heterocycles. The van der Waals surface area contributed by atoms with Gasteiger partial charge in [0.15, 0.2) is 0 Å². The van der Waals surface area contributed by atoms with Crippen LogP contribution in [-0.2, 0) is 23.9 Å². The van der Waals surface area contributed by atoms with Crippen LogP contribution in [0, 0.1) is 11.8 Å². The van der Waals surface area contributed by atoms with Crippen molar-refractivity contribution in [2.75, 3.05) is 19.8 Å². The maximum Gasteiger partial charge on any atom is 0.312 e. The number of fused-ring (bicyclic) bond motifs is 1. The molecule has 4 unspecified atom stereocenters. The Bertz CT molecular complexity index is 833. The lowest BCUT2D eigenvalue weighted by Gasteiger charge is -2.40. The van der Waals surface area contributed by atoms with Gasteiger partial charge in [0.2, 0.25) is 11.8 Å². The molecule has 196 valence electrons. The van der Waals surface area contributed by atoms with Crippen molar-refractivity contribution < 1.29 is 29.0 Å². The number of halogens is 1. The number of likely N-dealkylation sites (tertiary alicyclic amines) is 1. The van der Waals surface area contributed by atoms with Crippen molar-refractivity contribution in [3.05, 3.63) is 25.3 Å². The van der Waals surface area contributed by atoms with E-state index in [9.17, 15) is 19.5 Å². The van der Waals surface area contributed by atoms with Gasteiger partial charge in [0.25, 0.3) is 0 Å². The highest BCUT2D eigenvalue weighted by Crippen LogP contribution is 2.60. The Balaban J connectivity index is 2.07. The van der Waals surface area contributed by atoms with E-state index in [2.05, 4.69) is 36.0 Å². The number of esters is 1. The fraction of sp³-hybridized carbons (Fsp3) is 0.731. The van der Waals surface area contributed by atoms with Crippen LogP contribution in [0.1, 0.15) is 52.9 Å². The van der Waals surface area contributed by atoms with Gasteiger partial charge in [-0.3, -0.25) is 14.4 Å². The fourth-order valence-electron chi connectivity index (χ4n) is 6.12. The normalized spacial score (nSPS) is 32.8. The minimum atomic E-state index is -1.16. The molecular weight excluding hydrogens is 516 g/mol. The highest BCUT2D eigenvalue weighted by atomic mass is 79.9. The molecule has 2 amide bonds. The third-order valence-corrected chi connectivity index (χ3v) is 8.57. The Kier molecular flexibility index (Phi) is 9.21. The van der Waals surface area contributed by atoms with Crippen LogP contribution in [0.2, 0.25) is 0 Å². The molecule has 1 N–H and O–H groups in total. The monoisotopic (exact) mass is 554 g/mol. The Morgan fingerprint density at radius 2 is 2.09 bits per heavy atom. The number of nitrogens with zero attached hydrogens (tertiary/aromatic N) is 2. The molecule has 1 spiro atoms. The maximum absolute atomic E-state index is 14.2. The number of aliphatic hydroxyl groups excluding tert-OH is 1. The molecule has 3 aliphatic rings. The number of carbonyl (C=O) groups is 3. The third-order valence-electron chi connectivity index (χ3n) is 7.72. The van der Waals surface area contributed by atoms with Crippen molar-refractivity contribution in [2.24, 2.45) is 11.8 Å². The third kappa shape index (κ3) is 4.71. The summed E-state index contributed by atoms with van der Waals surface area (Å²) in [6.45, 7) is 13.6. The van der Waals surface area contributed by atoms with Gasteiger partial charge in [-0.25, -0.2) is 0 Å². The van der Waals surface area contributed by atoms with Crippen molar-refractivity contribution in [2.45, 2.75) is 87.5 Å². The molecule has 3 rings (SSSR count). The summed E-state index contributed by atoms with van der Waals surface area (Å²) >= 11 is 3.66. The summed E-state index contributed by atoms with van der Waals surface area (Å²) in [5.41, 5.74) is -1.16. The van der Waals surface area contributed by atoms with Crippen LogP contribution in [0.15, 0.2) is 25.3 Å². The number of amides is 2. The Labute approximate surface area is 216 Å². The van der Waals surface area contributed by atoms with Crippen LogP contribution in [-0.4, -0.2) is 87.1 Å². The van der Waals surface area contributed by atoms with Gasteiger partial charge in [-0.2, -0.15) is 0 Å². The molecule has 0 saturated carbocycles. The average Bonchev–Trinajstić information content (AvgIpc) is 3.42. The molecule has 0 aliphatic carbocycles. The number of rotatable bonds is 13. The fourth-order valence-corrected chi connectivity index (χ4v) is 7.06. The van der Waals surface area contributed by atoms with Crippen LogP contribution in [0.5, 0.6) is 0 Å². The van der Waals surface area contributed by atoms with Gasteiger partial charge in [-0.05, 0) is 32.6 Å². The zero-order valence-electron chi connectivity index (χ0n) is 21.0. The molecule has 0 aromatic rings. The molecule has 0 radical (unpaired) electrons. The lowest BCUT2D eigenvalue weighted by Crippen LogP contribution is -2.60. The van der Waals surface area contributed by atoms with Gasteiger partial charge in [-0.15, -0.1) is 13.2 Å². The number of hydrogen-bond donors (Lipinski definition) is 1. The van der Waals surface area contributed by atoms with E-state index in [0.717, 1.165) is 12.8 Å². The lowest BCUT2D eigenvalue weighted by molar-refractivity contribution is -0.156. The van der Waals surface area contributed by atoms with Crippen LogP contribution >= 0.6 is 15.9 Å². The van der Waals surface area contributed by atoms with Gasteiger partial charge >= 0.3 is 5.97 Å². The quantitative estimate of drug-likeness (QED) is 0.163. The van der Waals surface area contributed by atoms with Gasteiger partial charge in [0, 0.05) is 17.4 Å². The second-order valence-electron chi connectivity index (χ2n) is 9.82. The number of ether oxygens (including phenoxy) is 2. The smallest absolute Gasteiger partial charge is 0.312 e. The highest BCUT2D eigenvalue weighted by Gasteiger charge is 2.77. The zero-order valence-corrected chi connectivity index (χ0v) is 22.6. The summed E-state index contributed by atoms with van der Waals surface area (Å²) in [6, 6.07) is -1.56. The van der Waals surface area contributed by atoms with E-state index in [-0.39, 0.29) is 35.9 Å². The van der Waals surface area contributed by atoms with Crippen molar-refractivity contribution in [3.63, 3.8) is 0 Å². The molecule has 35 heavy (non-hydrogen) atoms. The van der Waals surface area contributed by atoms with E-state index in [1.54, 1.807) is 17.1 Å². The summed E-state index contributed by atoms with van der Waals surface area (Å²) in [5, 5.41) is 10.2. The molecule has 3 aliphatic heterocycles. The van der Waals surface area contributed by atoms with E-state index in [1.807, 2.05) is 13.8 Å². The number of carbonyl (C=O) groups excluding carboxylic acids is 3. The predicted octanol–water partition coefficient (Wildman–Crippen LogP) is 2.83. The minimum Gasteiger partial charge on any atom is -0.465 e. The highest BCUT2D eigenvalue weighted by molar-refractivity contribution is 9.09. The largest absolute Gasteiger partial charge is 0.465 e. The molecule has 2 bridgehead atoms. The molecule has 8 nitrogen and oxygen atoms in total. The van der Waals surface area contributed by atoms with Crippen LogP contribution in [0.25, 0.3) is 0 Å². The zero-order chi connectivity index (χ0) is 25.9. The lowest BCUT2D eigenvalue weighted by atomic mass is 9.70. The maximum atomic E-state index is 14.2. The van der Waals surface area contributed by atoms with Crippen molar-refractivity contribution in [1.29, 1.82) is 0 Å². The van der Waals surface area contributed by atoms with E-state index >= 15 is 0 Å². The Hall–Kier alpha value is -1.71. The van der Waals surface area contributed by atoms with E-state index < -0.39 is 41.6 Å². The van der Waals surface area contributed by atoms with Crippen molar-refractivity contribution in [3.8, 4) is 0 Å². The standard InChI is InChI=1S/C26H39BrN2O6/c1-6-10-13-34-25(33)19-20-23(31)29(17(9-4)15-30)22(26(20)14-18(27)21(19)35-26)24(32)28(12-8-3)16(5)11-7-2/h6,8,16-22,30H,1,3,7,9-15H2,2,4-5H3/t16?,17-,18?,19+,20-,21+,22?,26?/m0/s1. The van der Waals surface area contributed by atoms with Gasteiger partial charge < -0.3 is 24.4 Å². The van der Waals surface area contributed by atoms with E-state index in [4.69, 9.17) is 9.47 Å². The number of alkyl halides is 1. The SMILES string of the molecule is C=CCCOC(=O)[C@H]1[C@@H]2OC3(CC2Br)C(C(=O)N(CC=C)C(C)CCC)N([C@@H](CC)CO)C(=O)[C@H]13.